The molecule has 0 aromatic heterocycles. The monoisotopic (exact) mass is 297 g/mol. The highest BCUT2D eigenvalue weighted by molar-refractivity contribution is 5.05. The van der Waals surface area contributed by atoms with Crippen molar-refractivity contribution >= 4 is 0 Å². The average Bonchev–Trinajstić information content (AvgIpc) is 2.49. The van der Waals surface area contributed by atoms with Crippen molar-refractivity contribution in [1.82, 2.24) is 10.2 Å². The third-order valence-corrected chi connectivity index (χ3v) is 4.25. The van der Waals surface area contributed by atoms with Crippen molar-refractivity contribution in [2.75, 3.05) is 26.8 Å². The van der Waals surface area contributed by atoms with Crippen LogP contribution in [0.5, 0.6) is 0 Å². The maximum absolute atomic E-state index is 9.52. The van der Waals surface area contributed by atoms with Gasteiger partial charge in [0.1, 0.15) is 5.54 Å². The summed E-state index contributed by atoms with van der Waals surface area (Å²) in [5.74, 6) is 0. The Morgan fingerprint density at radius 2 is 1.90 bits per heavy atom. The molecule has 124 valence electrons. The lowest BCUT2D eigenvalue weighted by molar-refractivity contribution is 0.0746. The SMILES string of the molecule is CCCNC(C)(C#N)CC(C)N(CCOC)C(CC)CC. The molecule has 0 rings (SSSR count). The number of nitriles is 1. The summed E-state index contributed by atoms with van der Waals surface area (Å²) in [5.41, 5.74) is -0.452. The molecule has 0 saturated carbocycles. The fourth-order valence-corrected chi connectivity index (χ4v) is 2.98. The van der Waals surface area contributed by atoms with Crippen LogP contribution < -0.4 is 5.32 Å². The maximum Gasteiger partial charge on any atom is 0.105 e. The Kier molecular flexibility index (Phi) is 10.7. The molecule has 0 bridgehead atoms. The molecule has 0 spiro atoms. The van der Waals surface area contributed by atoms with Crippen LogP contribution >= 0.6 is 0 Å². The van der Waals surface area contributed by atoms with Gasteiger partial charge in [-0.3, -0.25) is 10.2 Å². The largest absolute Gasteiger partial charge is 0.383 e. The number of ether oxygens (including phenoxy) is 1. The highest BCUT2D eigenvalue weighted by Gasteiger charge is 2.30. The lowest BCUT2D eigenvalue weighted by Gasteiger charge is -2.38. The van der Waals surface area contributed by atoms with E-state index in [0.717, 1.165) is 45.4 Å². The van der Waals surface area contributed by atoms with E-state index in [2.05, 4.69) is 44.0 Å². The Bertz CT molecular complexity index is 299. The predicted octanol–water partition coefficient (Wildman–Crippen LogP) is 3.18. The first-order valence-corrected chi connectivity index (χ1v) is 8.38. The fraction of sp³-hybridized carbons (Fsp3) is 0.941. The van der Waals surface area contributed by atoms with E-state index < -0.39 is 5.54 Å². The predicted molar refractivity (Wildman–Crippen MR) is 89.3 cm³/mol. The third-order valence-electron chi connectivity index (χ3n) is 4.25. The summed E-state index contributed by atoms with van der Waals surface area (Å²) >= 11 is 0. The summed E-state index contributed by atoms with van der Waals surface area (Å²) in [4.78, 5) is 2.51. The summed E-state index contributed by atoms with van der Waals surface area (Å²) in [7, 11) is 1.75. The van der Waals surface area contributed by atoms with Crippen LogP contribution in [-0.2, 0) is 4.74 Å². The van der Waals surface area contributed by atoms with Crippen molar-refractivity contribution in [3.8, 4) is 6.07 Å². The van der Waals surface area contributed by atoms with Gasteiger partial charge < -0.3 is 4.74 Å². The molecule has 0 aliphatic carbocycles. The van der Waals surface area contributed by atoms with Crippen LogP contribution in [0.1, 0.15) is 60.3 Å². The first-order chi connectivity index (χ1) is 9.97. The number of methoxy groups -OCH3 is 1. The van der Waals surface area contributed by atoms with Gasteiger partial charge in [-0.15, -0.1) is 0 Å². The molecule has 0 fully saturated rings. The van der Waals surface area contributed by atoms with Gasteiger partial charge in [-0.05, 0) is 46.1 Å². The van der Waals surface area contributed by atoms with Gasteiger partial charge in [0.05, 0.1) is 12.7 Å². The van der Waals surface area contributed by atoms with Gasteiger partial charge >= 0.3 is 0 Å². The second kappa shape index (κ2) is 11.0. The third kappa shape index (κ3) is 7.26. The zero-order valence-corrected chi connectivity index (χ0v) is 14.9. The molecule has 0 aliphatic rings. The van der Waals surface area contributed by atoms with Crippen molar-refractivity contribution in [3.05, 3.63) is 0 Å². The summed E-state index contributed by atoms with van der Waals surface area (Å²) in [6.45, 7) is 13.4. The minimum Gasteiger partial charge on any atom is -0.383 e. The fourth-order valence-electron chi connectivity index (χ4n) is 2.98. The van der Waals surface area contributed by atoms with Gasteiger partial charge in [-0.2, -0.15) is 5.26 Å². The van der Waals surface area contributed by atoms with Crippen LogP contribution in [0.4, 0.5) is 0 Å². The number of hydrogen-bond donors (Lipinski definition) is 1. The highest BCUT2D eigenvalue weighted by Crippen LogP contribution is 2.20. The Labute approximate surface area is 131 Å². The Morgan fingerprint density at radius 3 is 2.33 bits per heavy atom. The second-order valence-electron chi connectivity index (χ2n) is 6.12. The molecule has 2 unspecified atom stereocenters. The zero-order chi connectivity index (χ0) is 16.3. The molecule has 4 nitrogen and oxygen atoms in total. The molecule has 0 amide bonds. The lowest BCUT2D eigenvalue weighted by atomic mass is 9.93. The molecule has 2 atom stereocenters. The van der Waals surface area contributed by atoms with E-state index >= 15 is 0 Å². The van der Waals surface area contributed by atoms with E-state index in [1.807, 2.05) is 6.92 Å². The highest BCUT2D eigenvalue weighted by atomic mass is 16.5. The van der Waals surface area contributed by atoms with Crippen molar-refractivity contribution in [3.63, 3.8) is 0 Å². The van der Waals surface area contributed by atoms with Crippen molar-refractivity contribution in [2.24, 2.45) is 0 Å². The molecular weight excluding hydrogens is 262 g/mol. The molecule has 4 heteroatoms. The van der Waals surface area contributed by atoms with Crippen LogP contribution in [0.15, 0.2) is 0 Å². The van der Waals surface area contributed by atoms with E-state index in [-0.39, 0.29) is 0 Å². The quantitative estimate of drug-likeness (QED) is 0.601. The molecule has 21 heavy (non-hydrogen) atoms. The molecule has 1 N–H and O–H groups in total. The molecular formula is C17H35N3O. The number of nitrogens with zero attached hydrogens (tertiary/aromatic N) is 2. The Hall–Kier alpha value is -0.630. The first kappa shape index (κ1) is 20.4. The van der Waals surface area contributed by atoms with Gasteiger partial charge in [0.2, 0.25) is 0 Å². The second-order valence-corrected chi connectivity index (χ2v) is 6.12. The average molecular weight is 297 g/mol. The summed E-state index contributed by atoms with van der Waals surface area (Å²) in [6, 6.07) is 3.38. The maximum atomic E-state index is 9.52. The van der Waals surface area contributed by atoms with Crippen molar-refractivity contribution in [1.29, 1.82) is 5.26 Å². The smallest absolute Gasteiger partial charge is 0.105 e. The van der Waals surface area contributed by atoms with Crippen LogP contribution in [0.25, 0.3) is 0 Å². The zero-order valence-electron chi connectivity index (χ0n) is 14.9. The normalized spacial score (nSPS) is 16.0. The summed E-state index contributed by atoms with van der Waals surface area (Å²) in [6.07, 6.45) is 4.15. The molecule has 0 radical (unpaired) electrons. The van der Waals surface area contributed by atoms with Gasteiger partial charge in [0.25, 0.3) is 0 Å². The standard InChI is InChI=1S/C17H35N3O/c1-7-10-19-17(5,14-18)13-15(4)20(11-12-21-6)16(8-2)9-3/h15-16,19H,7-13H2,1-6H3. The lowest BCUT2D eigenvalue weighted by Crippen LogP contribution is -2.50. The minimum absolute atomic E-state index is 0.360. The number of nitrogens with one attached hydrogen (secondary N) is 1. The minimum atomic E-state index is -0.452. The topological polar surface area (TPSA) is 48.3 Å². The van der Waals surface area contributed by atoms with Crippen LogP contribution in [0.3, 0.4) is 0 Å². The van der Waals surface area contributed by atoms with Gasteiger partial charge in [-0.1, -0.05) is 20.8 Å². The number of hydrogen-bond acceptors (Lipinski definition) is 4. The Balaban J connectivity index is 4.84. The van der Waals surface area contributed by atoms with Crippen molar-refractivity contribution in [2.45, 2.75) is 77.9 Å². The van der Waals surface area contributed by atoms with Gasteiger partial charge in [0.15, 0.2) is 0 Å². The molecule has 0 aromatic rings. The van der Waals surface area contributed by atoms with Crippen LogP contribution in [0.2, 0.25) is 0 Å². The van der Waals surface area contributed by atoms with E-state index in [4.69, 9.17) is 4.74 Å². The summed E-state index contributed by atoms with van der Waals surface area (Å²) in [5, 5.41) is 12.9. The Morgan fingerprint density at radius 1 is 1.29 bits per heavy atom. The van der Waals surface area contributed by atoms with Crippen molar-refractivity contribution < 1.29 is 4.74 Å². The van der Waals surface area contributed by atoms with Gasteiger partial charge in [0, 0.05) is 25.7 Å². The van der Waals surface area contributed by atoms with Gasteiger partial charge in [-0.25, -0.2) is 0 Å². The molecule has 0 saturated heterocycles. The molecule has 0 aliphatic heterocycles. The molecule has 0 heterocycles. The molecule has 0 aromatic carbocycles. The van der Waals surface area contributed by atoms with E-state index in [1.54, 1.807) is 7.11 Å². The van der Waals surface area contributed by atoms with Crippen LogP contribution in [0, 0.1) is 11.3 Å². The summed E-state index contributed by atoms with van der Waals surface area (Å²) < 4.78 is 5.26. The van der Waals surface area contributed by atoms with E-state index in [1.165, 1.54) is 0 Å². The first-order valence-electron chi connectivity index (χ1n) is 8.38. The number of rotatable bonds is 12. The van der Waals surface area contributed by atoms with E-state index in [0.29, 0.717) is 12.1 Å². The van der Waals surface area contributed by atoms with Crippen LogP contribution in [-0.4, -0.2) is 49.3 Å². The van der Waals surface area contributed by atoms with E-state index in [9.17, 15) is 5.26 Å².